The van der Waals surface area contributed by atoms with Gasteiger partial charge in [0.1, 0.15) is 0 Å². The fraction of sp³-hybridized carbons (Fsp3) is 0.947. The maximum atomic E-state index is 9.36. The second-order valence-electron chi connectivity index (χ2n) is 6.46. The molecule has 0 bridgehead atoms. The van der Waals surface area contributed by atoms with Crippen LogP contribution >= 0.6 is 0 Å². The number of unbranched alkanes of at least 4 members (excludes halogenated alkanes) is 4. The average Bonchev–Trinajstić information content (AvgIpc) is 2.54. The number of quaternary nitrogens is 1. The van der Waals surface area contributed by atoms with Gasteiger partial charge in [-0.2, -0.15) is 0 Å². The average molecular weight is 332 g/mol. The molecule has 4 heteroatoms. The molecule has 0 aliphatic rings. The molecule has 0 aliphatic carbocycles. The number of carbonyl (C=O) groups excluding carboxylic acids is 1. The number of rotatable bonds is 14. The highest BCUT2D eigenvalue weighted by molar-refractivity contribution is 5.65. The molecule has 0 aromatic rings. The number of carbonyl (C=O) groups is 1. The van der Waals surface area contributed by atoms with Crippen LogP contribution < -0.4 is 5.11 Å². The summed E-state index contributed by atoms with van der Waals surface area (Å²) in [5, 5.41) is 9.36. The van der Waals surface area contributed by atoms with Crippen LogP contribution in [0.2, 0.25) is 0 Å². The standard InChI is InChI=1S/C16H36N.C3H6O3/c1-5-9-13-17(14-10-6-2,15-11-7-3)16-12-8-4;1-6-2-3(4)5/h5-16H2,1-4H3;2H2,1H3,(H,4,5)/q+1;/p-1. The summed E-state index contributed by atoms with van der Waals surface area (Å²) in [4.78, 5) is 9.36. The maximum Gasteiger partial charge on any atom is 0.0857 e. The van der Waals surface area contributed by atoms with Crippen molar-refractivity contribution in [3.63, 3.8) is 0 Å². The zero-order valence-electron chi connectivity index (χ0n) is 16.4. The summed E-state index contributed by atoms with van der Waals surface area (Å²) in [5.74, 6) is -1.18. The Bertz CT molecular complexity index is 219. The molecule has 0 N–H and O–H groups in total. The molecule has 23 heavy (non-hydrogen) atoms. The SMILES string of the molecule is CCCC[N+](CCCC)(CCCC)CCCC.COCC(=O)[O-]. The van der Waals surface area contributed by atoms with Gasteiger partial charge in [-0.15, -0.1) is 0 Å². The first-order valence-corrected chi connectivity index (χ1v) is 9.55. The van der Waals surface area contributed by atoms with E-state index in [1.54, 1.807) is 0 Å². The van der Waals surface area contributed by atoms with Crippen LogP contribution in [0.1, 0.15) is 79.1 Å². The van der Waals surface area contributed by atoms with Crippen LogP contribution in [0, 0.1) is 0 Å². The van der Waals surface area contributed by atoms with Gasteiger partial charge < -0.3 is 19.1 Å². The predicted octanol–water partition coefficient (Wildman–Crippen LogP) is 3.39. The summed E-state index contributed by atoms with van der Waals surface area (Å²) in [6, 6.07) is 0. The lowest BCUT2D eigenvalue weighted by atomic mass is 10.1. The van der Waals surface area contributed by atoms with Crippen molar-refractivity contribution in [3.8, 4) is 0 Å². The third kappa shape index (κ3) is 16.0. The number of methoxy groups -OCH3 is 1. The Kier molecular flexibility index (Phi) is 19.0. The van der Waals surface area contributed by atoms with E-state index in [1.807, 2.05) is 0 Å². The molecule has 140 valence electrons. The molecule has 0 unspecified atom stereocenters. The lowest BCUT2D eigenvalue weighted by Gasteiger charge is -2.39. The monoisotopic (exact) mass is 331 g/mol. The minimum absolute atomic E-state index is 0.319. The molecule has 0 aromatic carbocycles. The molecular formula is C19H41NO3. The summed E-state index contributed by atoms with van der Waals surface area (Å²) in [7, 11) is 1.30. The second kappa shape index (κ2) is 17.7. The summed E-state index contributed by atoms with van der Waals surface area (Å²) < 4.78 is 5.56. The fourth-order valence-corrected chi connectivity index (χ4v) is 2.76. The third-order valence-electron chi connectivity index (χ3n) is 4.21. The van der Waals surface area contributed by atoms with E-state index in [0.29, 0.717) is 0 Å². The molecule has 0 aliphatic heterocycles. The van der Waals surface area contributed by atoms with Crippen LogP contribution in [0.5, 0.6) is 0 Å². The largest absolute Gasteiger partial charge is 0.548 e. The maximum absolute atomic E-state index is 9.36. The summed E-state index contributed by atoms with van der Waals surface area (Å²) in [6.07, 6.45) is 11.1. The number of hydrogen-bond acceptors (Lipinski definition) is 3. The molecule has 0 aromatic heterocycles. The Labute approximate surface area is 144 Å². The van der Waals surface area contributed by atoms with E-state index in [0.717, 1.165) is 0 Å². The highest BCUT2D eigenvalue weighted by Crippen LogP contribution is 2.16. The zero-order valence-corrected chi connectivity index (χ0v) is 16.4. The first-order chi connectivity index (χ1) is 11.0. The van der Waals surface area contributed by atoms with Gasteiger partial charge >= 0.3 is 0 Å². The van der Waals surface area contributed by atoms with Crippen LogP contribution in [-0.2, 0) is 9.53 Å². The number of carboxylic acids is 1. The van der Waals surface area contributed by atoms with Crippen molar-refractivity contribution in [1.29, 1.82) is 0 Å². The Hall–Kier alpha value is -0.610. The normalized spacial score (nSPS) is 11.0. The van der Waals surface area contributed by atoms with Gasteiger partial charge in [0.15, 0.2) is 0 Å². The van der Waals surface area contributed by atoms with Gasteiger partial charge in [-0.25, -0.2) is 0 Å². The van der Waals surface area contributed by atoms with E-state index in [1.165, 1.54) is 89.1 Å². The number of aliphatic carboxylic acids is 1. The second-order valence-corrected chi connectivity index (χ2v) is 6.46. The first kappa shape index (κ1) is 24.6. The topological polar surface area (TPSA) is 49.4 Å². The molecule has 0 amide bonds. The Morgan fingerprint density at radius 3 is 1.22 bits per heavy atom. The minimum Gasteiger partial charge on any atom is -0.548 e. The molecule has 4 nitrogen and oxygen atoms in total. The van der Waals surface area contributed by atoms with Crippen molar-refractivity contribution in [3.05, 3.63) is 0 Å². The number of nitrogens with zero attached hydrogens (tertiary/aromatic N) is 1. The molecule has 0 heterocycles. The van der Waals surface area contributed by atoms with Crippen molar-refractivity contribution >= 4 is 5.97 Å². The Morgan fingerprint density at radius 2 is 1.09 bits per heavy atom. The molecule has 0 spiro atoms. The van der Waals surface area contributed by atoms with Gasteiger partial charge in [-0.05, 0) is 25.7 Å². The quantitative estimate of drug-likeness (QED) is 0.458. The van der Waals surface area contributed by atoms with Gasteiger partial charge in [-0.3, -0.25) is 0 Å². The van der Waals surface area contributed by atoms with Gasteiger partial charge in [0.05, 0.1) is 38.8 Å². The molecule has 0 rings (SSSR count). The number of hydrogen-bond donors (Lipinski definition) is 0. The van der Waals surface area contributed by atoms with Gasteiger partial charge in [-0.1, -0.05) is 53.4 Å². The van der Waals surface area contributed by atoms with Gasteiger partial charge in [0, 0.05) is 7.11 Å². The van der Waals surface area contributed by atoms with E-state index in [9.17, 15) is 9.90 Å². The van der Waals surface area contributed by atoms with E-state index in [-0.39, 0.29) is 6.61 Å². The van der Waals surface area contributed by atoms with Gasteiger partial charge in [0.25, 0.3) is 0 Å². The zero-order chi connectivity index (χ0) is 18.0. The Morgan fingerprint density at radius 1 is 0.783 bits per heavy atom. The first-order valence-electron chi connectivity index (χ1n) is 9.55. The molecule has 0 radical (unpaired) electrons. The lowest BCUT2D eigenvalue weighted by Crippen LogP contribution is -2.50. The number of ether oxygens (including phenoxy) is 1. The summed E-state index contributed by atoms with van der Waals surface area (Å²) in [5.41, 5.74) is 0. The van der Waals surface area contributed by atoms with Crippen molar-refractivity contribution in [2.75, 3.05) is 39.9 Å². The molecule has 0 saturated carbocycles. The van der Waals surface area contributed by atoms with Crippen molar-refractivity contribution < 1.29 is 19.1 Å². The minimum atomic E-state index is -1.18. The fourth-order valence-electron chi connectivity index (χ4n) is 2.76. The van der Waals surface area contributed by atoms with E-state index in [2.05, 4.69) is 32.4 Å². The third-order valence-corrected chi connectivity index (χ3v) is 4.21. The van der Waals surface area contributed by atoms with Gasteiger partial charge in [0.2, 0.25) is 0 Å². The van der Waals surface area contributed by atoms with Crippen molar-refractivity contribution in [2.24, 2.45) is 0 Å². The predicted molar refractivity (Wildman–Crippen MR) is 96.2 cm³/mol. The van der Waals surface area contributed by atoms with E-state index < -0.39 is 5.97 Å². The summed E-state index contributed by atoms with van der Waals surface area (Å²) in [6.45, 7) is 14.7. The van der Waals surface area contributed by atoms with Crippen molar-refractivity contribution in [1.82, 2.24) is 0 Å². The van der Waals surface area contributed by atoms with Crippen LogP contribution in [0.4, 0.5) is 0 Å². The van der Waals surface area contributed by atoms with E-state index in [4.69, 9.17) is 0 Å². The van der Waals surface area contributed by atoms with Crippen LogP contribution in [0.3, 0.4) is 0 Å². The van der Waals surface area contributed by atoms with Crippen LogP contribution in [0.25, 0.3) is 0 Å². The summed E-state index contributed by atoms with van der Waals surface area (Å²) >= 11 is 0. The molecule has 0 atom stereocenters. The Balaban J connectivity index is 0. The smallest absolute Gasteiger partial charge is 0.0857 e. The van der Waals surface area contributed by atoms with Crippen molar-refractivity contribution in [2.45, 2.75) is 79.1 Å². The molecule has 0 saturated heterocycles. The highest BCUT2D eigenvalue weighted by atomic mass is 16.5. The van der Waals surface area contributed by atoms with E-state index >= 15 is 0 Å². The highest BCUT2D eigenvalue weighted by Gasteiger charge is 2.24. The van der Waals surface area contributed by atoms with Crippen LogP contribution in [-0.4, -0.2) is 50.3 Å². The molecular weight excluding hydrogens is 290 g/mol. The van der Waals surface area contributed by atoms with Crippen LogP contribution in [0.15, 0.2) is 0 Å². The lowest BCUT2D eigenvalue weighted by molar-refractivity contribution is -0.929. The number of carboxylic acid groups (broad SMARTS) is 1. The molecule has 0 fully saturated rings.